The summed E-state index contributed by atoms with van der Waals surface area (Å²) in [5.41, 5.74) is 2.12. The van der Waals surface area contributed by atoms with Crippen LogP contribution in [0.4, 0.5) is 0 Å². The van der Waals surface area contributed by atoms with Crippen molar-refractivity contribution in [3.05, 3.63) is 65.7 Å². The Kier molecular flexibility index (Phi) is 8.57. The van der Waals surface area contributed by atoms with Crippen molar-refractivity contribution >= 4 is 45.2 Å². The summed E-state index contributed by atoms with van der Waals surface area (Å²) in [4.78, 5) is 27.5. The average Bonchev–Trinajstić information content (AvgIpc) is 3.16. The zero-order valence-corrected chi connectivity index (χ0v) is 23.6. The fraction of sp³-hybridized carbons (Fsp3) is 0.500. The van der Waals surface area contributed by atoms with Crippen molar-refractivity contribution in [1.82, 2.24) is 4.31 Å². The number of aryl methyl sites for hydroxylation is 1. The van der Waals surface area contributed by atoms with Crippen LogP contribution in [-0.4, -0.2) is 46.0 Å². The number of Topliss-reactive ketones (excluding diaryl/α,β-unsaturated/α-hetero) is 1. The Hall–Kier alpha value is -1.77. The minimum atomic E-state index is -4.04. The molecule has 0 unspecified atom stereocenters. The molecule has 4 rings (SSSR count). The molecule has 2 aliphatic heterocycles. The van der Waals surface area contributed by atoms with E-state index >= 15 is 0 Å². The molecular formula is C28H35NO4S3. The zero-order valence-electron chi connectivity index (χ0n) is 21.2. The summed E-state index contributed by atoms with van der Waals surface area (Å²) in [6.07, 6.45) is 2.91. The molecule has 0 saturated carbocycles. The number of thioether (sulfide) groups is 2. The minimum Gasteiger partial charge on any atom is -0.299 e. The first-order valence-corrected chi connectivity index (χ1v) is 16.0. The van der Waals surface area contributed by atoms with Crippen LogP contribution >= 0.6 is 23.5 Å². The predicted octanol–water partition coefficient (Wildman–Crippen LogP) is 5.72. The second-order valence-electron chi connectivity index (χ2n) is 10.3. The SMILES string of the molecule is Cc1ccc(S(=O)(=O)N2C(=O)[C@@H](C(=O)CC3(Cc4ccccc4)SCCCS3)C[C@@H]2CC(C)C)cc1. The maximum atomic E-state index is 13.7. The Balaban J connectivity index is 1.60. The molecule has 2 fully saturated rings. The molecule has 1 amide bonds. The number of ketones is 1. The minimum absolute atomic E-state index is 0.0993. The second kappa shape index (κ2) is 11.3. The topological polar surface area (TPSA) is 71.5 Å². The number of carbonyl (C=O) groups excluding carboxylic acids is 2. The fourth-order valence-electron chi connectivity index (χ4n) is 5.13. The Morgan fingerprint density at radius 2 is 1.69 bits per heavy atom. The van der Waals surface area contributed by atoms with Crippen LogP contribution in [0.2, 0.25) is 0 Å². The Bertz CT molecular complexity index is 1170. The average molecular weight is 546 g/mol. The van der Waals surface area contributed by atoms with Crippen LogP contribution in [0.5, 0.6) is 0 Å². The van der Waals surface area contributed by atoms with E-state index in [1.165, 1.54) is 5.56 Å². The molecule has 0 spiro atoms. The van der Waals surface area contributed by atoms with E-state index < -0.39 is 27.9 Å². The molecule has 194 valence electrons. The van der Waals surface area contributed by atoms with Gasteiger partial charge in [-0.15, -0.1) is 23.5 Å². The second-order valence-corrected chi connectivity index (χ2v) is 15.3. The lowest BCUT2D eigenvalue weighted by Crippen LogP contribution is -2.41. The summed E-state index contributed by atoms with van der Waals surface area (Å²) in [5, 5.41) is 0. The van der Waals surface area contributed by atoms with E-state index in [9.17, 15) is 18.0 Å². The van der Waals surface area contributed by atoms with E-state index in [1.54, 1.807) is 24.3 Å². The van der Waals surface area contributed by atoms with Gasteiger partial charge in [-0.3, -0.25) is 9.59 Å². The molecular weight excluding hydrogens is 511 g/mol. The third-order valence-corrected chi connectivity index (χ3v) is 12.0. The molecule has 0 radical (unpaired) electrons. The summed E-state index contributed by atoms with van der Waals surface area (Å²) in [6.45, 7) is 5.92. The Morgan fingerprint density at radius 3 is 2.31 bits per heavy atom. The molecule has 8 heteroatoms. The fourth-order valence-corrected chi connectivity index (χ4v) is 10.1. The van der Waals surface area contributed by atoms with E-state index in [0.717, 1.165) is 34.2 Å². The third kappa shape index (κ3) is 6.03. The number of carbonyl (C=O) groups is 2. The summed E-state index contributed by atoms with van der Waals surface area (Å²) in [6, 6.07) is 16.2. The first-order valence-electron chi connectivity index (χ1n) is 12.6. The number of nitrogens with zero attached hydrogens (tertiary/aromatic N) is 1. The zero-order chi connectivity index (χ0) is 25.9. The van der Waals surface area contributed by atoms with Crippen molar-refractivity contribution in [1.29, 1.82) is 0 Å². The predicted molar refractivity (Wildman–Crippen MR) is 149 cm³/mol. The quantitative estimate of drug-likeness (QED) is 0.376. The van der Waals surface area contributed by atoms with E-state index in [-0.39, 0.29) is 33.5 Å². The van der Waals surface area contributed by atoms with Crippen molar-refractivity contribution in [2.45, 2.75) is 67.9 Å². The van der Waals surface area contributed by atoms with Gasteiger partial charge in [-0.05, 0) is 67.7 Å². The highest BCUT2D eigenvalue weighted by atomic mass is 32.2. The molecule has 0 bridgehead atoms. The number of benzene rings is 2. The maximum Gasteiger partial charge on any atom is 0.266 e. The van der Waals surface area contributed by atoms with Gasteiger partial charge < -0.3 is 0 Å². The van der Waals surface area contributed by atoms with Gasteiger partial charge in [0.1, 0.15) is 5.78 Å². The number of hydrogen-bond acceptors (Lipinski definition) is 6. The first kappa shape index (κ1) is 27.3. The lowest BCUT2D eigenvalue weighted by Gasteiger charge is -2.36. The molecule has 0 aromatic heterocycles. The van der Waals surface area contributed by atoms with Crippen LogP contribution in [0.25, 0.3) is 0 Å². The van der Waals surface area contributed by atoms with Gasteiger partial charge in [0.05, 0.1) is 14.9 Å². The van der Waals surface area contributed by atoms with Crippen molar-refractivity contribution < 1.29 is 18.0 Å². The van der Waals surface area contributed by atoms with Crippen LogP contribution in [0.15, 0.2) is 59.5 Å². The van der Waals surface area contributed by atoms with Crippen molar-refractivity contribution in [3.8, 4) is 0 Å². The van der Waals surface area contributed by atoms with Gasteiger partial charge in [0.25, 0.3) is 10.0 Å². The molecule has 0 N–H and O–H groups in total. The summed E-state index contributed by atoms with van der Waals surface area (Å²) in [7, 11) is -4.04. The largest absolute Gasteiger partial charge is 0.299 e. The Labute approximate surface area is 223 Å². The first-order chi connectivity index (χ1) is 17.1. The van der Waals surface area contributed by atoms with Crippen LogP contribution < -0.4 is 0 Å². The van der Waals surface area contributed by atoms with E-state index in [1.807, 2.05) is 62.5 Å². The molecule has 2 saturated heterocycles. The standard InChI is InChI=1S/C28H35NO4S3/c1-20(2)16-23-17-25(27(31)29(23)36(32,33)24-12-10-21(3)11-13-24)26(30)19-28(34-14-7-15-35-28)18-22-8-5-4-6-9-22/h4-6,8-13,20,23,25H,7,14-19H2,1-3H3/t23-,25+/m0/s1. The normalized spacial score (nSPS) is 22.2. The number of hydrogen-bond donors (Lipinski definition) is 0. The van der Waals surface area contributed by atoms with Crippen molar-refractivity contribution in [2.75, 3.05) is 11.5 Å². The maximum absolute atomic E-state index is 13.7. The summed E-state index contributed by atoms with van der Waals surface area (Å²) in [5.74, 6) is 0.553. The van der Waals surface area contributed by atoms with E-state index in [0.29, 0.717) is 6.42 Å². The number of rotatable bonds is 9. The lowest BCUT2D eigenvalue weighted by molar-refractivity contribution is -0.134. The Morgan fingerprint density at radius 1 is 1.06 bits per heavy atom. The van der Waals surface area contributed by atoms with Gasteiger partial charge in [0, 0.05) is 12.5 Å². The molecule has 2 heterocycles. The molecule has 0 aliphatic carbocycles. The molecule has 36 heavy (non-hydrogen) atoms. The number of amides is 1. The molecule has 2 aromatic rings. The van der Waals surface area contributed by atoms with E-state index in [2.05, 4.69) is 12.1 Å². The van der Waals surface area contributed by atoms with Gasteiger partial charge in [0.15, 0.2) is 0 Å². The highest BCUT2D eigenvalue weighted by Gasteiger charge is 2.50. The van der Waals surface area contributed by atoms with E-state index in [4.69, 9.17) is 0 Å². The summed E-state index contributed by atoms with van der Waals surface area (Å²) < 4.78 is 27.9. The number of sulfonamides is 1. The smallest absolute Gasteiger partial charge is 0.266 e. The van der Waals surface area contributed by atoms with Gasteiger partial charge in [-0.1, -0.05) is 61.9 Å². The van der Waals surface area contributed by atoms with Crippen molar-refractivity contribution in [2.24, 2.45) is 11.8 Å². The van der Waals surface area contributed by atoms with Crippen molar-refractivity contribution in [3.63, 3.8) is 0 Å². The molecule has 2 aliphatic rings. The highest BCUT2D eigenvalue weighted by molar-refractivity contribution is 8.18. The van der Waals surface area contributed by atoms with Gasteiger partial charge in [0.2, 0.25) is 5.91 Å². The summed E-state index contributed by atoms with van der Waals surface area (Å²) >= 11 is 3.62. The van der Waals surface area contributed by atoms with Gasteiger partial charge >= 0.3 is 0 Å². The molecule has 2 atom stereocenters. The van der Waals surface area contributed by atoms with Gasteiger partial charge in [-0.2, -0.15) is 0 Å². The molecule has 2 aromatic carbocycles. The van der Waals surface area contributed by atoms with Crippen LogP contribution in [-0.2, 0) is 26.0 Å². The lowest BCUT2D eigenvalue weighted by atomic mass is 9.92. The van der Waals surface area contributed by atoms with Crippen LogP contribution in [0.3, 0.4) is 0 Å². The van der Waals surface area contributed by atoms with Crippen LogP contribution in [0.1, 0.15) is 50.7 Å². The monoisotopic (exact) mass is 545 g/mol. The third-order valence-electron chi connectivity index (χ3n) is 6.84. The highest BCUT2D eigenvalue weighted by Crippen LogP contribution is 2.48. The van der Waals surface area contributed by atoms with Crippen LogP contribution in [0, 0.1) is 18.8 Å². The molecule has 5 nitrogen and oxygen atoms in total. The van der Waals surface area contributed by atoms with Gasteiger partial charge in [-0.25, -0.2) is 12.7 Å².